The average Bonchev–Trinajstić information content (AvgIpc) is 2.42. The molecule has 1 aliphatic heterocycles. The van der Waals surface area contributed by atoms with Crippen molar-refractivity contribution in [1.29, 1.82) is 0 Å². The van der Waals surface area contributed by atoms with Crippen LogP contribution in [0.2, 0.25) is 0 Å². The van der Waals surface area contributed by atoms with Gasteiger partial charge in [0.2, 0.25) is 0 Å². The normalized spacial score (nSPS) is 17.2. The summed E-state index contributed by atoms with van der Waals surface area (Å²) in [7, 11) is 0. The molecule has 0 bridgehead atoms. The average molecular weight is 306 g/mol. The van der Waals surface area contributed by atoms with Crippen molar-refractivity contribution >= 4 is 28.3 Å². The van der Waals surface area contributed by atoms with Crippen LogP contribution in [-0.4, -0.2) is 66.2 Å². The van der Waals surface area contributed by atoms with E-state index in [1.807, 2.05) is 13.8 Å². The van der Waals surface area contributed by atoms with Gasteiger partial charge in [-0.25, -0.2) is 0 Å². The van der Waals surface area contributed by atoms with Crippen molar-refractivity contribution in [1.82, 2.24) is 9.80 Å². The first-order chi connectivity index (χ1) is 9.27. The molecule has 0 atom stereocenters. The van der Waals surface area contributed by atoms with Crippen molar-refractivity contribution < 1.29 is 9.47 Å². The van der Waals surface area contributed by atoms with Gasteiger partial charge in [-0.3, -0.25) is 4.90 Å². The van der Waals surface area contributed by atoms with Crippen molar-refractivity contribution in [3.63, 3.8) is 0 Å². The molecule has 0 spiro atoms. The van der Waals surface area contributed by atoms with Gasteiger partial charge in [0.15, 0.2) is 0 Å². The van der Waals surface area contributed by atoms with Crippen molar-refractivity contribution in [2.75, 3.05) is 52.1 Å². The van der Waals surface area contributed by atoms with Gasteiger partial charge in [0.1, 0.15) is 4.32 Å². The van der Waals surface area contributed by atoms with E-state index in [1.54, 1.807) is 11.8 Å². The monoisotopic (exact) mass is 306 g/mol. The topological polar surface area (TPSA) is 24.9 Å². The Balaban J connectivity index is 2.18. The number of nitrogens with zero attached hydrogens (tertiary/aromatic N) is 2. The molecule has 1 fully saturated rings. The standard InChI is InChI=1S/C13H26N2O2S2/c1-3-16-9-5-7-14-11-15(13(18)19-12-14)8-6-10-17-4-2/h3-12H2,1-2H3. The van der Waals surface area contributed by atoms with Crippen molar-refractivity contribution in [2.45, 2.75) is 26.7 Å². The van der Waals surface area contributed by atoms with E-state index in [0.717, 1.165) is 69.2 Å². The SMILES string of the molecule is CCOCCCN1CSC(=S)N(CCCOCC)C1. The molecule has 0 N–H and O–H groups in total. The van der Waals surface area contributed by atoms with Crippen LogP contribution in [0.1, 0.15) is 26.7 Å². The smallest absolute Gasteiger partial charge is 0.138 e. The zero-order chi connectivity index (χ0) is 13.9. The minimum Gasteiger partial charge on any atom is -0.382 e. The number of thiocarbonyl (C=S) groups is 1. The molecule has 0 aromatic carbocycles. The molecular weight excluding hydrogens is 280 g/mol. The van der Waals surface area contributed by atoms with Crippen LogP contribution in [0, 0.1) is 0 Å². The molecule has 19 heavy (non-hydrogen) atoms. The van der Waals surface area contributed by atoms with Gasteiger partial charge in [-0.2, -0.15) is 0 Å². The van der Waals surface area contributed by atoms with Gasteiger partial charge in [0.05, 0.1) is 12.5 Å². The van der Waals surface area contributed by atoms with Crippen LogP contribution in [0.25, 0.3) is 0 Å². The third-order valence-corrected chi connectivity index (χ3v) is 4.50. The van der Waals surface area contributed by atoms with Crippen molar-refractivity contribution in [3.05, 3.63) is 0 Å². The lowest BCUT2D eigenvalue weighted by Crippen LogP contribution is -2.45. The second kappa shape index (κ2) is 10.9. The predicted molar refractivity (Wildman–Crippen MR) is 85.6 cm³/mol. The first-order valence-corrected chi connectivity index (χ1v) is 8.46. The zero-order valence-electron chi connectivity index (χ0n) is 12.1. The van der Waals surface area contributed by atoms with Crippen LogP contribution in [0.4, 0.5) is 0 Å². The molecule has 112 valence electrons. The number of rotatable bonds is 10. The molecule has 4 nitrogen and oxygen atoms in total. The van der Waals surface area contributed by atoms with Crippen molar-refractivity contribution in [3.8, 4) is 0 Å². The van der Waals surface area contributed by atoms with E-state index in [4.69, 9.17) is 21.7 Å². The Kier molecular flexibility index (Phi) is 9.81. The minimum atomic E-state index is 0.794. The van der Waals surface area contributed by atoms with Gasteiger partial charge in [-0.15, -0.1) is 0 Å². The lowest BCUT2D eigenvalue weighted by molar-refractivity contribution is 0.119. The highest BCUT2D eigenvalue weighted by molar-refractivity contribution is 8.22. The Bertz CT molecular complexity index is 255. The fourth-order valence-electron chi connectivity index (χ4n) is 1.91. The van der Waals surface area contributed by atoms with Crippen molar-refractivity contribution in [2.24, 2.45) is 0 Å². The van der Waals surface area contributed by atoms with Crippen LogP contribution >= 0.6 is 24.0 Å². The summed E-state index contributed by atoms with van der Waals surface area (Å²) in [5.41, 5.74) is 0. The highest BCUT2D eigenvalue weighted by Crippen LogP contribution is 2.19. The van der Waals surface area contributed by atoms with Crippen LogP contribution in [0.15, 0.2) is 0 Å². The fourth-order valence-corrected chi connectivity index (χ4v) is 3.05. The Morgan fingerprint density at radius 3 is 2.37 bits per heavy atom. The summed E-state index contributed by atoms with van der Waals surface area (Å²) in [4.78, 5) is 4.71. The maximum atomic E-state index is 5.41. The van der Waals surface area contributed by atoms with Gasteiger partial charge >= 0.3 is 0 Å². The predicted octanol–water partition coefficient (Wildman–Crippen LogP) is 2.39. The Hall–Kier alpha value is 0.120. The van der Waals surface area contributed by atoms with Crippen LogP contribution in [-0.2, 0) is 9.47 Å². The van der Waals surface area contributed by atoms with E-state index < -0.39 is 0 Å². The van der Waals surface area contributed by atoms with Gasteiger partial charge in [0, 0.05) is 39.5 Å². The largest absolute Gasteiger partial charge is 0.382 e. The molecule has 0 amide bonds. The molecule has 1 heterocycles. The Labute approximate surface area is 126 Å². The molecule has 0 aromatic heterocycles. The van der Waals surface area contributed by atoms with Crippen LogP contribution < -0.4 is 0 Å². The summed E-state index contributed by atoms with van der Waals surface area (Å²) < 4.78 is 11.8. The first kappa shape index (κ1) is 17.2. The summed E-state index contributed by atoms with van der Waals surface area (Å²) in [5.74, 6) is 1.01. The van der Waals surface area contributed by atoms with E-state index in [0.29, 0.717) is 0 Å². The first-order valence-electron chi connectivity index (χ1n) is 7.07. The molecule has 1 aliphatic rings. The lowest BCUT2D eigenvalue weighted by Gasteiger charge is -2.36. The molecule has 0 aromatic rings. The molecule has 0 radical (unpaired) electrons. The van der Waals surface area contributed by atoms with E-state index in [9.17, 15) is 0 Å². The Morgan fingerprint density at radius 1 is 1.11 bits per heavy atom. The molecule has 6 heteroatoms. The minimum absolute atomic E-state index is 0.794. The number of hydrogen-bond donors (Lipinski definition) is 0. The third kappa shape index (κ3) is 7.46. The van der Waals surface area contributed by atoms with Gasteiger partial charge in [-0.1, -0.05) is 24.0 Å². The zero-order valence-corrected chi connectivity index (χ0v) is 13.7. The number of ether oxygens (including phenoxy) is 2. The van der Waals surface area contributed by atoms with E-state index in [-0.39, 0.29) is 0 Å². The summed E-state index contributed by atoms with van der Waals surface area (Å²) in [6.07, 6.45) is 2.13. The van der Waals surface area contributed by atoms with Crippen LogP contribution in [0.3, 0.4) is 0 Å². The molecule has 0 unspecified atom stereocenters. The van der Waals surface area contributed by atoms with E-state index in [1.165, 1.54) is 0 Å². The second-order valence-electron chi connectivity index (χ2n) is 4.44. The maximum Gasteiger partial charge on any atom is 0.138 e. The van der Waals surface area contributed by atoms with Gasteiger partial charge in [0.25, 0.3) is 0 Å². The summed E-state index contributed by atoms with van der Waals surface area (Å²) >= 11 is 7.17. The molecule has 1 saturated heterocycles. The number of thioether (sulfide) groups is 1. The molecule has 0 saturated carbocycles. The van der Waals surface area contributed by atoms with Gasteiger partial charge in [-0.05, 0) is 26.7 Å². The highest BCUT2D eigenvalue weighted by Gasteiger charge is 2.20. The quantitative estimate of drug-likeness (QED) is 0.454. The summed E-state index contributed by atoms with van der Waals surface area (Å²) in [6, 6.07) is 0. The summed E-state index contributed by atoms with van der Waals surface area (Å²) in [6.45, 7) is 10.4. The lowest BCUT2D eigenvalue weighted by atomic mass is 10.4. The third-order valence-electron chi connectivity index (χ3n) is 2.89. The van der Waals surface area contributed by atoms with E-state index in [2.05, 4.69) is 9.80 Å². The maximum absolute atomic E-state index is 5.41. The number of hydrogen-bond acceptors (Lipinski definition) is 5. The molecule has 1 rings (SSSR count). The molecule has 0 aliphatic carbocycles. The summed E-state index contributed by atoms with van der Waals surface area (Å²) in [5, 5.41) is 0. The van der Waals surface area contributed by atoms with Gasteiger partial charge < -0.3 is 14.4 Å². The van der Waals surface area contributed by atoms with E-state index >= 15 is 0 Å². The second-order valence-corrected chi connectivity index (χ2v) is 6.02. The molecular formula is C13H26N2O2S2. The van der Waals surface area contributed by atoms with Crippen LogP contribution in [0.5, 0.6) is 0 Å². The highest BCUT2D eigenvalue weighted by atomic mass is 32.2. The fraction of sp³-hybridized carbons (Fsp3) is 0.923. The Morgan fingerprint density at radius 2 is 1.74 bits per heavy atom.